The van der Waals surface area contributed by atoms with Gasteiger partial charge in [-0.1, -0.05) is 6.07 Å². The number of rotatable bonds is 7. The number of urea groups is 1. The summed E-state index contributed by atoms with van der Waals surface area (Å²) in [5, 5.41) is 8.89. The summed E-state index contributed by atoms with van der Waals surface area (Å²) in [6, 6.07) is 5.00. The van der Waals surface area contributed by atoms with Crippen molar-refractivity contribution >= 4 is 23.3 Å². The Morgan fingerprint density at radius 3 is 2.77 bits per heavy atom. The standard InChI is InChI=1S/C22H29N5O3/c1-14-11-25-21(13-24-14)27-22(29)26-19-10-17(9-15(2)28)6-7-20(19)30-16(3)18-5-4-8-23-12-18/h6-7,10-11,13,16,18,23H,4-5,8-9,12H2,1-3H3,(H2,25,26,27,29). The van der Waals surface area contributed by atoms with Gasteiger partial charge in [-0.3, -0.25) is 15.1 Å². The molecule has 2 atom stereocenters. The molecule has 3 N–H and O–H groups in total. The lowest BCUT2D eigenvalue weighted by Gasteiger charge is -2.29. The topological polar surface area (TPSA) is 105 Å². The molecular weight excluding hydrogens is 382 g/mol. The quantitative estimate of drug-likeness (QED) is 0.645. The van der Waals surface area contributed by atoms with Crippen LogP contribution in [0.5, 0.6) is 5.75 Å². The van der Waals surface area contributed by atoms with Crippen LogP contribution in [0.1, 0.15) is 37.9 Å². The van der Waals surface area contributed by atoms with Crippen molar-refractivity contribution in [3.05, 3.63) is 41.9 Å². The second-order valence-electron chi connectivity index (χ2n) is 7.76. The smallest absolute Gasteiger partial charge is 0.324 e. The molecule has 1 aliphatic heterocycles. The van der Waals surface area contributed by atoms with Crippen LogP contribution >= 0.6 is 0 Å². The first-order valence-electron chi connectivity index (χ1n) is 10.3. The van der Waals surface area contributed by atoms with Crippen molar-refractivity contribution in [2.45, 2.75) is 46.1 Å². The second-order valence-corrected chi connectivity index (χ2v) is 7.76. The number of carbonyl (C=O) groups excluding carboxylic acids is 2. The molecule has 2 aromatic rings. The summed E-state index contributed by atoms with van der Waals surface area (Å²) in [6.07, 6.45) is 5.59. The number of piperidine rings is 1. The number of nitrogens with one attached hydrogen (secondary N) is 3. The maximum absolute atomic E-state index is 12.5. The molecular formula is C22H29N5O3. The van der Waals surface area contributed by atoms with Crippen LogP contribution < -0.4 is 20.7 Å². The third-order valence-corrected chi connectivity index (χ3v) is 5.08. The molecule has 1 aliphatic rings. The monoisotopic (exact) mass is 411 g/mol. The summed E-state index contributed by atoms with van der Waals surface area (Å²) >= 11 is 0. The summed E-state index contributed by atoms with van der Waals surface area (Å²) in [7, 11) is 0. The van der Waals surface area contributed by atoms with Crippen molar-refractivity contribution < 1.29 is 14.3 Å². The molecule has 1 aromatic carbocycles. The predicted molar refractivity (Wildman–Crippen MR) is 116 cm³/mol. The first-order valence-corrected chi connectivity index (χ1v) is 10.3. The summed E-state index contributed by atoms with van der Waals surface area (Å²) < 4.78 is 6.22. The third kappa shape index (κ3) is 6.25. The Kier molecular flexibility index (Phi) is 7.35. The van der Waals surface area contributed by atoms with Gasteiger partial charge in [0.25, 0.3) is 0 Å². The van der Waals surface area contributed by atoms with Gasteiger partial charge in [-0.05, 0) is 57.9 Å². The molecule has 3 rings (SSSR count). The largest absolute Gasteiger partial charge is 0.488 e. The summed E-state index contributed by atoms with van der Waals surface area (Å²) in [4.78, 5) is 32.3. The van der Waals surface area contributed by atoms with E-state index in [9.17, 15) is 9.59 Å². The Bertz CT molecular complexity index is 879. The summed E-state index contributed by atoms with van der Waals surface area (Å²) in [5.74, 6) is 1.38. The number of aromatic nitrogens is 2. The van der Waals surface area contributed by atoms with Crippen molar-refractivity contribution in [2.24, 2.45) is 5.92 Å². The van der Waals surface area contributed by atoms with Crippen LogP contribution in [-0.4, -0.2) is 41.0 Å². The first-order chi connectivity index (χ1) is 14.4. The Hall–Kier alpha value is -3.00. The van der Waals surface area contributed by atoms with Gasteiger partial charge < -0.3 is 15.4 Å². The average molecular weight is 412 g/mol. The van der Waals surface area contributed by atoms with Gasteiger partial charge in [-0.2, -0.15) is 0 Å². The molecule has 30 heavy (non-hydrogen) atoms. The molecule has 2 unspecified atom stereocenters. The number of Topliss-reactive ketones (excluding diaryl/α,β-unsaturated/α-hetero) is 1. The van der Waals surface area contributed by atoms with Crippen molar-refractivity contribution in [3.8, 4) is 5.75 Å². The minimum atomic E-state index is -0.454. The number of benzene rings is 1. The first kappa shape index (κ1) is 21.7. The molecule has 0 spiro atoms. The molecule has 160 valence electrons. The lowest BCUT2D eigenvalue weighted by atomic mass is 9.94. The molecule has 2 heterocycles. The van der Waals surface area contributed by atoms with Gasteiger partial charge in [-0.25, -0.2) is 9.78 Å². The van der Waals surface area contributed by atoms with E-state index in [1.165, 1.54) is 6.20 Å². The van der Waals surface area contributed by atoms with E-state index in [2.05, 4.69) is 25.9 Å². The van der Waals surface area contributed by atoms with E-state index in [0.717, 1.165) is 37.2 Å². The Morgan fingerprint density at radius 1 is 1.27 bits per heavy atom. The van der Waals surface area contributed by atoms with E-state index in [1.807, 2.05) is 26.0 Å². The molecule has 1 fully saturated rings. The fourth-order valence-corrected chi connectivity index (χ4v) is 3.48. The lowest BCUT2D eigenvalue weighted by Crippen LogP contribution is -2.38. The third-order valence-electron chi connectivity index (χ3n) is 5.08. The van der Waals surface area contributed by atoms with E-state index in [1.54, 1.807) is 19.2 Å². The molecule has 1 saturated heterocycles. The maximum Gasteiger partial charge on any atom is 0.324 e. The predicted octanol–water partition coefficient (Wildman–Crippen LogP) is 3.33. The van der Waals surface area contributed by atoms with Crippen LogP contribution in [0.2, 0.25) is 0 Å². The van der Waals surface area contributed by atoms with Crippen LogP contribution in [0.25, 0.3) is 0 Å². The van der Waals surface area contributed by atoms with Gasteiger partial charge in [-0.15, -0.1) is 0 Å². The Morgan fingerprint density at radius 2 is 2.10 bits per heavy atom. The zero-order valence-electron chi connectivity index (χ0n) is 17.7. The van der Waals surface area contributed by atoms with Crippen LogP contribution in [0.4, 0.5) is 16.3 Å². The van der Waals surface area contributed by atoms with E-state index in [0.29, 0.717) is 29.6 Å². The van der Waals surface area contributed by atoms with Gasteiger partial charge >= 0.3 is 6.03 Å². The van der Waals surface area contributed by atoms with Crippen LogP contribution in [0.3, 0.4) is 0 Å². The minimum Gasteiger partial charge on any atom is -0.488 e. The summed E-state index contributed by atoms with van der Waals surface area (Å²) in [5.41, 5.74) is 2.09. The van der Waals surface area contributed by atoms with E-state index < -0.39 is 6.03 Å². The highest BCUT2D eigenvalue weighted by Gasteiger charge is 2.22. The number of ketones is 1. The molecule has 0 radical (unpaired) electrons. The highest BCUT2D eigenvalue weighted by Crippen LogP contribution is 2.29. The van der Waals surface area contributed by atoms with Crippen LogP contribution in [0.15, 0.2) is 30.6 Å². The molecule has 0 bridgehead atoms. The van der Waals surface area contributed by atoms with Gasteiger partial charge in [0.2, 0.25) is 0 Å². The highest BCUT2D eigenvalue weighted by atomic mass is 16.5. The highest BCUT2D eigenvalue weighted by molar-refractivity contribution is 6.00. The Labute approximate surface area is 176 Å². The van der Waals surface area contributed by atoms with Crippen molar-refractivity contribution in [3.63, 3.8) is 0 Å². The summed E-state index contributed by atoms with van der Waals surface area (Å²) in [6.45, 7) is 7.37. The zero-order chi connectivity index (χ0) is 21.5. The number of amides is 2. The number of carbonyl (C=O) groups is 2. The van der Waals surface area contributed by atoms with E-state index in [-0.39, 0.29) is 11.9 Å². The van der Waals surface area contributed by atoms with Crippen LogP contribution in [0, 0.1) is 12.8 Å². The molecule has 1 aromatic heterocycles. The maximum atomic E-state index is 12.5. The minimum absolute atomic E-state index is 0.0111. The number of aryl methyl sites for hydroxylation is 1. The SMILES string of the molecule is CC(=O)Cc1ccc(OC(C)C2CCCNC2)c(NC(=O)Nc2cnc(C)cn2)c1. The zero-order valence-corrected chi connectivity index (χ0v) is 17.7. The van der Waals surface area contributed by atoms with Crippen molar-refractivity contribution in [1.29, 1.82) is 0 Å². The number of hydrogen-bond acceptors (Lipinski definition) is 6. The normalized spacial score (nSPS) is 17.1. The van der Waals surface area contributed by atoms with E-state index in [4.69, 9.17) is 4.74 Å². The van der Waals surface area contributed by atoms with E-state index >= 15 is 0 Å². The second kappa shape index (κ2) is 10.2. The number of anilines is 2. The fraction of sp³-hybridized carbons (Fsp3) is 0.455. The molecule has 0 aliphatic carbocycles. The van der Waals surface area contributed by atoms with Gasteiger partial charge in [0.1, 0.15) is 17.6 Å². The number of ether oxygens (including phenoxy) is 1. The van der Waals surface area contributed by atoms with Gasteiger partial charge in [0.15, 0.2) is 5.82 Å². The van der Waals surface area contributed by atoms with Crippen LogP contribution in [-0.2, 0) is 11.2 Å². The molecule has 8 nitrogen and oxygen atoms in total. The molecule has 8 heteroatoms. The molecule has 2 amide bonds. The molecule has 0 saturated carbocycles. The van der Waals surface area contributed by atoms with Gasteiger partial charge in [0.05, 0.1) is 23.8 Å². The number of nitrogens with zero attached hydrogens (tertiary/aromatic N) is 2. The van der Waals surface area contributed by atoms with Crippen molar-refractivity contribution in [2.75, 3.05) is 23.7 Å². The number of hydrogen-bond donors (Lipinski definition) is 3. The van der Waals surface area contributed by atoms with Gasteiger partial charge in [0, 0.05) is 18.9 Å². The van der Waals surface area contributed by atoms with Crippen molar-refractivity contribution in [1.82, 2.24) is 15.3 Å². The fourth-order valence-electron chi connectivity index (χ4n) is 3.48. The lowest BCUT2D eigenvalue weighted by molar-refractivity contribution is -0.116. The average Bonchev–Trinajstić information content (AvgIpc) is 2.72. The Balaban J connectivity index is 1.75.